The minimum atomic E-state index is -0.345. The molecule has 1 N–H and O–H groups in total. The number of carbonyl (C=O) groups is 1. The van der Waals surface area contributed by atoms with Crippen molar-refractivity contribution in [3.8, 4) is 5.75 Å². The molecule has 0 aliphatic rings. The monoisotopic (exact) mass is 349 g/mol. The lowest BCUT2D eigenvalue weighted by molar-refractivity contribution is -0.121. The van der Waals surface area contributed by atoms with Gasteiger partial charge in [-0.15, -0.1) is 0 Å². The van der Waals surface area contributed by atoms with Gasteiger partial charge in [-0.05, 0) is 42.7 Å². The van der Waals surface area contributed by atoms with Gasteiger partial charge in [0.2, 0.25) is 5.91 Å². The van der Waals surface area contributed by atoms with Crippen molar-refractivity contribution in [2.45, 2.75) is 32.7 Å². The summed E-state index contributed by atoms with van der Waals surface area (Å²) in [6.45, 7) is 4.03. The molecule has 134 valence electrons. The second kappa shape index (κ2) is 7.95. The van der Waals surface area contributed by atoms with Crippen LogP contribution in [0, 0.1) is 6.92 Å². The van der Waals surface area contributed by atoms with Gasteiger partial charge in [0.1, 0.15) is 5.52 Å². The molecule has 1 amide bonds. The highest BCUT2D eigenvalue weighted by molar-refractivity contribution is 5.89. The Kier molecular flexibility index (Phi) is 5.46. The average molecular weight is 349 g/mol. The van der Waals surface area contributed by atoms with E-state index in [1.54, 1.807) is 25.7 Å². The first kappa shape index (κ1) is 17.9. The summed E-state index contributed by atoms with van der Waals surface area (Å²) < 4.78 is 5.72. The number of amides is 1. The summed E-state index contributed by atoms with van der Waals surface area (Å²) in [5, 5.41) is 4.17. The maximum Gasteiger partial charge on any atom is 0.220 e. The molecule has 1 unspecified atom stereocenters. The van der Waals surface area contributed by atoms with E-state index in [1.165, 1.54) is 0 Å². The van der Waals surface area contributed by atoms with Gasteiger partial charge in [-0.1, -0.05) is 19.1 Å². The third-order valence-corrected chi connectivity index (χ3v) is 4.40. The van der Waals surface area contributed by atoms with Crippen molar-refractivity contribution < 1.29 is 9.53 Å². The van der Waals surface area contributed by atoms with Gasteiger partial charge in [-0.3, -0.25) is 14.8 Å². The van der Waals surface area contributed by atoms with Crippen molar-refractivity contribution >= 4 is 16.8 Å². The Bertz CT molecular complexity index is 910. The number of nitrogens with one attached hydrogen (secondary N) is 1. The molecule has 5 nitrogen and oxygen atoms in total. The summed E-state index contributed by atoms with van der Waals surface area (Å²) >= 11 is 0. The lowest BCUT2D eigenvalue weighted by atomic mass is 9.94. The molecule has 2 heterocycles. The summed E-state index contributed by atoms with van der Waals surface area (Å²) in [6.07, 6.45) is 6.51. The number of fused-ring (bicyclic) bond motifs is 1. The number of aryl methyl sites for hydroxylation is 1. The molecule has 3 rings (SSSR count). The quantitative estimate of drug-likeness (QED) is 0.732. The van der Waals surface area contributed by atoms with Gasteiger partial charge in [-0.25, -0.2) is 0 Å². The van der Waals surface area contributed by atoms with Crippen molar-refractivity contribution in [1.82, 2.24) is 15.3 Å². The maximum atomic E-state index is 12.4. The number of benzene rings is 1. The predicted octanol–water partition coefficient (Wildman–Crippen LogP) is 3.95. The van der Waals surface area contributed by atoms with Crippen LogP contribution < -0.4 is 10.1 Å². The van der Waals surface area contributed by atoms with Crippen LogP contribution in [0.15, 0.2) is 48.9 Å². The minimum absolute atomic E-state index is 0.00202. The highest BCUT2D eigenvalue weighted by atomic mass is 16.5. The van der Waals surface area contributed by atoms with Gasteiger partial charge >= 0.3 is 0 Å². The Labute approximate surface area is 153 Å². The first-order valence-corrected chi connectivity index (χ1v) is 8.77. The number of methoxy groups -OCH3 is 1. The zero-order valence-electron chi connectivity index (χ0n) is 15.3. The molecule has 0 aliphatic heterocycles. The maximum absolute atomic E-state index is 12.4. The summed E-state index contributed by atoms with van der Waals surface area (Å²) in [7, 11) is 1.64. The van der Waals surface area contributed by atoms with Crippen LogP contribution in [0.2, 0.25) is 0 Å². The molecule has 0 bridgehead atoms. The van der Waals surface area contributed by atoms with Crippen molar-refractivity contribution in [1.29, 1.82) is 0 Å². The molecule has 0 spiro atoms. The van der Waals surface area contributed by atoms with Crippen molar-refractivity contribution in [2.24, 2.45) is 0 Å². The molecular formula is C21H23N3O2. The summed E-state index contributed by atoms with van der Waals surface area (Å²) in [5.74, 6) is 0.680. The molecule has 26 heavy (non-hydrogen) atoms. The number of carbonyl (C=O) groups excluding carboxylic acids is 1. The van der Waals surface area contributed by atoms with Crippen LogP contribution >= 0.6 is 0 Å². The van der Waals surface area contributed by atoms with E-state index in [-0.39, 0.29) is 11.9 Å². The first-order valence-electron chi connectivity index (χ1n) is 8.77. The number of nitrogens with zero attached hydrogens (tertiary/aromatic N) is 2. The Morgan fingerprint density at radius 1 is 1.27 bits per heavy atom. The molecule has 1 aromatic carbocycles. The van der Waals surface area contributed by atoms with E-state index < -0.39 is 0 Å². The normalized spacial score (nSPS) is 12.0. The second-order valence-corrected chi connectivity index (χ2v) is 6.25. The zero-order chi connectivity index (χ0) is 18.5. The molecule has 3 aromatic rings. The second-order valence-electron chi connectivity index (χ2n) is 6.25. The van der Waals surface area contributed by atoms with Crippen LogP contribution in [0.25, 0.3) is 10.9 Å². The number of hydrogen-bond acceptors (Lipinski definition) is 4. The third kappa shape index (κ3) is 3.52. The molecule has 0 radical (unpaired) electrons. The Hall–Kier alpha value is -2.95. The first-order chi connectivity index (χ1) is 12.7. The molecule has 5 heteroatoms. The SMILES string of the molecule is CCCC(=O)NC(c1cccnc1)c1cc(C)c2cccnc2c1OC. The highest BCUT2D eigenvalue weighted by Gasteiger charge is 2.23. The third-order valence-electron chi connectivity index (χ3n) is 4.40. The topological polar surface area (TPSA) is 64.1 Å². The number of hydrogen-bond donors (Lipinski definition) is 1. The number of rotatable bonds is 6. The largest absolute Gasteiger partial charge is 0.494 e. The van der Waals surface area contributed by atoms with Gasteiger partial charge in [0.05, 0.1) is 13.2 Å². The van der Waals surface area contributed by atoms with E-state index in [4.69, 9.17) is 4.74 Å². The van der Waals surface area contributed by atoms with Gasteiger partial charge in [0.15, 0.2) is 5.75 Å². The van der Waals surface area contributed by atoms with Crippen LogP contribution in [0.3, 0.4) is 0 Å². The van der Waals surface area contributed by atoms with E-state index in [0.29, 0.717) is 12.2 Å². The smallest absolute Gasteiger partial charge is 0.220 e. The van der Waals surface area contributed by atoms with Crippen molar-refractivity contribution in [2.75, 3.05) is 7.11 Å². The molecule has 0 fully saturated rings. The zero-order valence-corrected chi connectivity index (χ0v) is 15.3. The Morgan fingerprint density at radius 2 is 2.08 bits per heavy atom. The number of pyridine rings is 2. The van der Waals surface area contributed by atoms with Crippen LogP contribution in [0.1, 0.15) is 42.5 Å². The fourth-order valence-corrected chi connectivity index (χ4v) is 3.19. The fourth-order valence-electron chi connectivity index (χ4n) is 3.19. The van der Waals surface area contributed by atoms with Crippen LogP contribution in [0.5, 0.6) is 5.75 Å². The van der Waals surface area contributed by atoms with Crippen LogP contribution in [0.4, 0.5) is 0 Å². The predicted molar refractivity (Wildman–Crippen MR) is 102 cm³/mol. The molecule has 1 atom stereocenters. The van der Waals surface area contributed by atoms with Crippen LogP contribution in [-0.4, -0.2) is 23.0 Å². The van der Waals surface area contributed by atoms with Gasteiger partial charge in [0.25, 0.3) is 0 Å². The van der Waals surface area contributed by atoms with E-state index in [9.17, 15) is 4.79 Å². The summed E-state index contributed by atoms with van der Waals surface area (Å²) in [5.41, 5.74) is 3.67. The van der Waals surface area contributed by atoms with Gasteiger partial charge in [0, 0.05) is 36.0 Å². The molecule has 0 saturated heterocycles. The molecule has 0 aliphatic carbocycles. The lowest BCUT2D eigenvalue weighted by Crippen LogP contribution is -2.29. The molecular weight excluding hydrogens is 326 g/mol. The average Bonchev–Trinajstić information content (AvgIpc) is 2.67. The van der Waals surface area contributed by atoms with E-state index in [1.807, 2.05) is 38.1 Å². The standard InChI is InChI=1S/C21H23N3O2/c1-4-7-18(25)24-19(15-8-5-10-22-13-15)17-12-14(2)16-9-6-11-23-20(16)21(17)26-3/h5-6,8-13,19H,4,7H2,1-3H3,(H,24,25). The molecule has 0 saturated carbocycles. The fraction of sp³-hybridized carbons (Fsp3) is 0.286. The van der Waals surface area contributed by atoms with E-state index in [2.05, 4.69) is 21.4 Å². The van der Waals surface area contributed by atoms with E-state index in [0.717, 1.165) is 34.0 Å². The number of aromatic nitrogens is 2. The Morgan fingerprint density at radius 3 is 2.77 bits per heavy atom. The Balaban J connectivity index is 2.18. The van der Waals surface area contributed by atoms with E-state index >= 15 is 0 Å². The number of ether oxygens (including phenoxy) is 1. The van der Waals surface area contributed by atoms with Crippen LogP contribution in [-0.2, 0) is 4.79 Å². The summed E-state index contributed by atoms with van der Waals surface area (Å²) in [4.78, 5) is 21.1. The minimum Gasteiger partial charge on any atom is -0.494 e. The lowest BCUT2D eigenvalue weighted by Gasteiger charge is -2.23. The van der Waals surface area contributed by atoms with Gasteiger partial charge in [-0.2, -0.15) is 0 Å². The van der Waals surface area contributed by atoms with Crippen molar-refractivity contribution in [3.05, 3.63) is 65.6 Å². The molecule has 2 aromatic heterocycles. The summed E-state index contributed by atoms with van der Waals surface area (Å²) in [6, 6.07) is 9.48. The van der Waals surface area contributed by atoms with Crippen molar-refractivity contribution in [3.63, 3.8) is 0 Å². The highest BCUT2D eigenvalue weighted by Crippen LogP contribution is 2.37. The van der Waals surface area contributed by atoms with Gasteiger partial charge < -0.3 is 10.1 Å².